The van der Waals surface area contributed by atoms with Gasteiger partial charge in [0.25, 0.3) is 0 Å². The zero-order chi connectivity index (χ0) is 16.1. The van der Waals surface area contributed by atoms with E-state index in [1.165, 1.54) is 4.68 Å². The fraction of sp³-hybridized carbons (Fsp3) is 0.765. The Balaban J connectivity index is 1.91. The summed E-state index contributed by atoms with van der Waals surface area (Å²) in [5, 5.41) is 4.33. The summed E-state index contributed by atoms with van der Waals surface area (Å²) in [6, 6.07) is 1.91. The second-order valence-corrected chi connectivity index (χ2v) is 8.27. The molecule has 0 N–H and O–H groups in total. The number of hydrogen-bond donors (Lipinski definition) is 0. The minimum absolute atomic E-state index is 0.404. The van der Waals surface area contributed by atoms with Crippen LogP contribution in [0.1, 0.15) is 60.6 Å². The van der Waals surface area contributed by atoms with Crippen LogP contribution in [0.5, 0.6) is 0 Å². The van der Waals surface area contributed by atoms with Gasteiger partial charge in [-0.05, 0) is 56.4 Å². The van der Waals surface area contributed by atoms with Crippen LogP contribution >= 0.6 is 0 Å². The molecule has 0 unspecified atom stereocenters. The van der Waals surface area contributed by atoms with Gasteiger partial charge in [-0.2, -0.15) is 9.78 Å². The van der Waals surface area contributed by atoms with Crippen molar-refractivity contribution in [2.75, 3.05) is 0 Å². The van der Waals surface area contributed by atoms with Crippen LogP contribution in [0.3, 0.4) is 0 Å². The molecule has 0 spiro atoms. The zero-order valence-corrected chi connectivity index (χ0v) is 14.4. The molecule has 118 valence electrons. The molecule has 1 aromatic heterocycles. The molecule has 0 radical (unpaired) electrons. The summed E-state index contributed by atoms with van der Waals surface area (Å²) in [5.41, 5.74) is 1.27. The predicted octanol–water partition coefficient (Wildman–Crippen LogP) is 4.28. The summed E-state index contributed by atoms with van der Waals surface area (Å²) in [5.74, 6) is 0.719. The molecular weight excluding hydrogens is 264 g/mol. The van der Waals surface area contributed by atoms with Crippen LogP contribution < -0.4 is 0 Å². The lowest BCUT2D eigenvalue weighted by atomic mass is 10.0. The summed E-state index contributed by atoms with van der Waals surface area (Å²) in [6.07, 6.45) is 3.30. The van der Waals surface area contributed by atoms with E-state index in [-0.39, 0.29) is 0 Å². The summed E-state index contributed by atoms with van der Waals surface area (Å²) < 4.78 is 6.60. The van der Waals surface area contributed by atoms with Gasteiger partial charge in [-0.3, -0.25) is 0 Å². The minimum Gasteiger partial charge on any atom is -0.442 e. The first kappa shape index (κ1) is 16.1. The van der Waals surface area contributed by atoms with E-state index < -0.39 is 11.7 Å². The van der Waals surface area contributed by atoms with Crippen LogP contribution in [-0.4, -0.2) is 21.5 Å². The molecule has 1 aliphatic rings. The van der Waals surface area contributed by atoms with Crippen molar-refractivity contribution < 1.29 is 9.53 Å². The quantitative estimate of drug-likeness (QED) is 0.835. The molecule has 0 bridgehead atoms. The van der Waals surface area contributed by atoms with Gasteiger partial charge in [0.2, 0.25) is 0 Å². The molecule has 2 rings (SSSR count). The monoisotopic (exact) mass is 292 g/mol. The molecule has 0 aromatic carbocycles. The SMILES string of the molecule is CC(C)(C)OC(=O)n1ccc(CCC2C(C)(C)C2(C)C)n1. The minimum atomic E-state index is -0.495. The van der Waals surface area contributed by atoms with Gasteiger partial charge >= 0.3 is 6.09 Å². The van der Waals surface area contributed by atoms with Crippen LogP contribution in [0.2, 0.25) is 0 Å². The first-order valence-corrected chi connectivity index (χ1v) is 7.73. The number of ether oxygens (including phenoxy) is 1. The summed E-state index contributed by atoms with van der Waals surface area (Å²) in [7, 11) is 0. The second-order valence-electron chi connectivity index (χ2n) is 8.27. The number of nitrogens with zero attached hydrogens (tertiary/aromatic N) is 2. The van der Waals surface area contributed by atoms with Crippen LogP contribution in [0.15, 0.2) is 12.3 Å². The van der Waals surface area contributed by atoms with Crippen molar-refractivity contribution in [2.24, 2.45) is 16.7 Å². The molecule has 4 heteroatoms. The molecule has 1 saturated carbocycles. The van der Waals surface area contributed by atoms with E-state index in [1.807, 2.05) is 26.8 Å². The third-order valence-corrected chi connectivity index (χ3v) is 5.23. The number of aromatic nitrogens is 2. The second kappa shape index (κ2) is 4.85. The molecular formula is C17H28N2O2. The maximum absolute atomic E-state index is 11.9. The average Bonchev–Trinajstić information content (AvgIpc) is 2.69. The Labute approximate surface area is 127 Å². The number of hydrogen-bond acceptors (Lipinski definition) is 3. The molecule has 1 aliphatic carbocycles. The van der Waals surface area contributed by atoms with Crippen molar-refractivity contribution in [3.63, 3.8) is 0 Å². The van der Waals surface area contributed by atoms with Crippen LogP contribution in [0.4, 0.5) is 4.79 Å². The topological polar surface area (TPSA) is 44.1 Å². The maximum atomic E-state index is 11.9. The van der Waals surface area contributed by atoms with Gasteiger partial charge in [0.15, 0.2) is 0 Å². The Morgan fingerprint density at radius 1 is 1.29 bits per heavy atom. The third kappa shape index (κ3) is 3.14. The Morgan fingerprint density at radius 3 is 2.33 bits per heavy atom. The molecule has 0 aliphatic heterocycles. The number of aryl methyl sites for hydroxylation is 1. The lowest BCUT2D eigenvalue weighted by Crippen LogP contribution is -2.27. The predicted molar refractivity (Wildman–Crippen MR) is 83.2 cm³/mol. The molecule has 1 heterocycles. The number of carbonyl (C=O) groups excluding carboxylic acids is 1. The first-order chi connectivity index (χ1) is 9.45. The Bertz CT molecular complexity index is 521. The van der Waals surface area contributed by atoms with Crippen molar-refractivity contribution in [3.05, 3.63) is 18.0 Å². The molecule has 4 nitrogen and oxygen atoms in total. The highest BCUT2D eigenvalue weighted by atomic mass is 16.6. The van der Waals surface area contributed by atoms with E-state index in [9.17, 15) is 4.79 Å². The summed E-state index contributed by atoms with van der Waals surface area (Å²) >= 11 is 0. The van der Waals surface area contributed by atoms with Gasteiger partial charge in [0.05, 0.1) is 5.69 Å². The van der Waals surface area contributed by atoms with Gasteiger partial charge in [0, 0.05) is 6.20 Å². The van der Waals surface area contributed by atoms with Gasteiger partial charge in [-0.15, -0.1) is 0 Å². The van der Waals surface area contributed by atoms with Gasteiger partial charge < -0.3 is 4.74 Å². The van der Waals surface area contributed by atoms with Gasteiger partial charge in [-0.25, -0.2) is 4.79 Å². The van der Waals surface area contributed by atoms with E-state index in [2.05, 4.69) is 32.8 Å². The van der Waals surface area contributed by atoms with E-state index in [1.54, 1.807) is 6.20 Å². The molecule has 0 atom stereocenters. The van der Waals surface area contributed by atoms with Crippen molar-refractivity contribution in [3.8, 4) is 0 Å². The fourth-order valence-corrected chi connectivity index (χ4v) is 3.25. The average molecular weight is 292 g/mol. The van der Waals surface area contributed by atoms with Crippen molar-refractivity contribution in [1.29, 1.82) is 0 Å². The van der Waals surface area contributed by atoms with Crippen LogP contribution in [0.25, 0.3) is 0 Å². The Morgan fingerprint density at radius 2 is 1.86 bits per heavy atom. The summed E-state index contributed by atoms with van der Waals surface area (Å²) in [6.45, 7) is 14.9. The highest BCUT2D eigenvalue weighted by Crippen LogP contribution is 2.69. The number of carbonyl (C=O) groups is 1. The first-order valence-electron chi connectivity index (χ1n) is 7.73. The zero-order valence-electron chi connectivity index (χ0n) is 14.4. The maximum Gasteiger partial charge on any atom is 0.435 e. The van der Waals surface area contributed by atoms with E-state index in [4.69, 9.17) is 4.74 Å². The molecule has 0 saturated heterocycles. The highest BCUT2D eigenvalue weighted by molar-refractivity contribution is 5.69. The fourth-order valence-electron chi connectivity index (χ4n) is 3.25. The van der Waals surface area contributed by atoms with Crippen molar-refractivity contribution >= 4 is 6.09 Å². The normalized spacial score (nSPS) is 20.3. The lowest BCUT2D eigenvalue weighted by molar-refractivity contribution is 0.0514. The lowest BCUT2D eigenvalue weighted by Gasteiger charge is -2.18. The smallest absolute Gasteiger partial charge is 0.435 e. The van der Waals surface area contributed by atoms with Crippen LogP contribution in [0, 0.1) is 16.7 Å². The largest absolute Gasteiger partial charge is 0.442 e. The molecule has 1 fully saturated rings. The standard InChI is InChI=1S/C17H28N2O2/c1-15(2,3)21-14(20)19-11-10-12(18-19)8-9-13-16(4,5)17(13,6)7/h10-11,13H,8-9H2,1-7H3. The highest BCUT2D eigenvalue weighted by Gasteiger charge is 2.63. The molecule has 1 aromatic rings. The van der Waals surface area contributed by atoms with Crippen molar-refractivity contribution in [1.82, 2.24) is 9.78 Å². The Hall–Kier alpha value is -1.32. The van der Waals surface area contributed by atoms with Gasteiger partial charge in [0.1, 0.15) is 5.60 Å². The number of rotatable bonds is 3. The van der Waals surface area contributed by atoms with E-state index in [0.29, 0.717) is 10.8 Å². The van der Waals surface area contributed by atoms with E-state index >= 15 is 0 Å². The molecule has 21 heavy (non-hydrogen) atoms. The molecule has 0 amide bonds. The third-order valence-electron chi connectivity index (χ3n) is 5.23. The van der Waals surface area contributed by atoms with E-state index in [0.717, 1.165) is 24.5 Å². The van der Waals surface area contributed by atoms with Gasteiger partial charge in [-0.1, -0.05) is 27.7 Å². The van der Waals surface area contributed by atoms with Crippen LogP contribution in [-0.2, 0) is 11.2 Å². The van der Waals surface area contributed by atoms with Crippen molar-refractivity contribution in [2.45, 2.75) is 66.9 Å². The summed E-state index contributed by atoms with van der Waals surface area (Å²) in [4.78, 5) is 11.9. The Kier molecular flexibility index (Phi) is 3.71.